The molecular weight excluding hydrogens is 795 g/mol. The van der Waals surface area contributed by atoms with Crippen molar-refractivity contribution >= 4 is 57.6 Å². The third-order valence-corrected chi connectivity index (χ3v) is 9.99. The normalized spacial score (nSPS) is 13.9. The van der Waals surface area contributed by atoms with Crippen molar-refractivity contribution in [1.29, 1.82) is 0 Å². The molecule has 0 N–H and O–H groups in total. The summed E-state index contributed by atoms with van der Waals surface area (Å²) in [6.07, 6.45) is 1.79. The lowest BCUT2D eigenvalue weighted by Gasteiger charge is -2.26. The predicted octanol–water partition coefficient (Wildman–Crippen LogP) is 6.31. The third-order valence-electron chi connectivity index (χ3n) is 8.20. The van der Waals surface area contributed by atoms with Gasteiger partial charge in [0.05, 0.1) is 58.4 Å². The van der Waals surface area contributed by atoms with Crippen LogP contribution in [-0.4, -0.2) is 43.9 Å². The van der Waals surface area contributed by atoms with Crippen molar-refractivity contribution < 1.29 is 33.3 Å². The van der Waals surface area contributed by atoms with E-state index in [0.29, 0.717) is 55.6 Å². The molecule has 0 amide bonds. The second kappa shape index (κ2) is 16.4. The Morgan fingerprint density at radius 3 is 2.23 bits per heavy atom. The minimum atomic E-state index is -0.810. The second-order valence-electron chi connectivity index (χ2n) is 11.4. The van der Waals surface area contributed by atoms with E-state index in [1.54, 1.807) is 69.0 Å². The molecule has 0 unspecified atom stereocenters. The van der Waals surface area contributed by atoms with E-state index in [1.165, 1.54) is 11.3 Å². The van der Waals surface area contributed by atoms with Crippen molar-refractivity contribution in [2.75, 3.05) is 27.4 Å². The number of carbonyl (C=O) groups is 2. The Morgan fingerprint density at radius 1 is 0.885 bits per heavy atom. The van der Waals surface area contributed by atoms with Crippen LogP contribution in [0.3, 0.4) is 0 Å². The van der Waals surface area contributed by atoms with Gasteiger partial charge in [-0.25, -0.2) is 14.6 Å². The predicted molar refractivity (Wildman–Crippen MR) is 206 cm³/mol. The molecular formula is C40H35IN2O8S. The summed E-state index contributed by atoms with van der Waals surface area (Å²) in [4.78, 5) is 45.5. The summed E-state index contributed by atoms with van der Waals surface area (Å²) in [6, 6.07) is 26.6. The minimum absolute atomic E-state index is 0.159. The van der Waals surface area contributed by atoms with Gasteiger partial charge in [-0.2, -0.15) is 0 Å². The summed E-state index contributed by atoms with van der Waals surface area (Å²) in [6.45, 7) is 4.22. The van der Waals surface area contributed by atoms with Crippen LogP contribution in [0.1, 0.15) is 52.5 Å². The Bertz CT molecular complexity index is 2310. The number of methoxy groups -OCH3 is 2. The van der Waals surface area contributed by atoms with Gasteiger partial charge in [0.15, 0.2) is 16.3 Å². The Kier molecular flexibility index (Phi) is 11.6. The molecule has 12 heteroatoms. The molecule has 0 radical (unpaired) electrons. The monoisotopic (exact) mass is 830 g/mol. The van der Waals surface area contributed by atoms with Crippen LogP contribution in [0, 0.1) is 3.57 Å². The Labute approximate surface area is 317 Å². The molecule has 0 saturated heterocycles. The average Bonchev–Trinajstić information content (AvgIpc) is 3.47. The number of ether oxygens (including phenoxy) is 5. The number of nitrogens with zero attached hydrogens (tertiary/aromatic N) is 2. The second-order valence-corrected chi connectivity index (χ2v) is 13.6. The van der Waals surface area contributed by atoms with Crippen LogP contribution in [-0.2, 0) is 20.9 Å². The van der Waals surface area contributed by atoms with E-state index in [-0.39, 0.29) is 30.3 Å². The zero-order chi connectivity index (χ0) is 36.8. The maximum Gasteiger partial charge on any atom is 0.338 e. The highest BCUT2D eigenvalue weighted by atomic mass is 127. The molecule has 266 valence electrons. The number of esters is 2. The van der Waals surface area contributed by atoms with Crippen molar-refractivity contribution in [2.45, 2.75) is 26.5 Å². The molecule has 0 saturated carbocycles. The number of hydrogen-bond acceptors (Lipinski definition) is 10. The van der Waals surface area contributed by atoms with E-state index in [0.717, 1.165) is 14.7 Å². The molecule has 4 aromatic carbocycles. The standard InChI is InChI=1S/C40H35IN2O8S/c1-5-49-38(45)28-14-12-24(13-15-28)23-51-36-30(41)20-25(21-31(36)48-4)22-32-37(44)43-35(27-16-18-29(47-3)19-17-27)33(39(46)50-6-2)34(42-40(43)52-32)26-10-8-7-9-11-26/h7-22,35H,5-6,23H2,1-4H3/b32-22-/t35-/m1/s1. The van der Waals surface area contributed by atoms with E-state index in [2.05, 4.69) is 22.6 Å². The van der Waals surface area contributed by atoms with Crippen LogP contribution in [0.15, 0.2) is 106 Å². The molecule has 1 atom stereocenters. The summed E-state index contributed by atoms with van der Waals surface area (Å²) in [5, 5.41) is 0. The first-order valence-corrected chi connectivity index (χ1v) is 18.3. The quantitative estimate of drug-likeness (QED) is 0.106. The highest BCUT2D eigenvalue weighted by Gasteiger charge is 2.35. The highest BCUT2D eigenvalue weighted by Crippen LogP contribution is 2.37. The molecule has 2 heterocycles. The Balaban J connectivity index is 1.41. The van der Waals surface area contributed by atoms with Gasteiger partial charge in [0, 0.05) is 5.56 Å². The number of hydrogen-bond donors (Lipinski definition) is 0. The highest BCUT2D eigenvalue weighted by molar-refractivity contribution is 14.1. The van der Waals surface area contributed by atoms with Gasteiger partial charge in [-0.05, 0) is 95.6 Å². The molecule has 1 aliphatic heterocycles. The van der Waals surface area contributed by atoms with Gasteiger partial charge in [0.2, 0.25) is 0 Å². The fraction of sp³-hybridized carbons (Fsp3) is 0.200. The van der Waals surface area contributed by atoms with Gasteiger partial charge < -0.3 is 23.7 Å². The third kappa shape index (κ3) is 7.67. The van der Waals surface area contributed by atoms with E-state index in [4.69, 9.17) is 28.7 Å². The summed E-state index contributed by atoms with van der Waals surface area (Å²) in [7, 11) is 3.14. The molecule has 52 heavy (non-hydrogen) atoms. The molecule has 6 rings (SSSR count). The first kappa shape index (κ1) is 36.6. The zero-order valence-corrected chi connectivity index (χ0v) is 31.9. The fourth-order valence-corrected chi connectivity index (χ4v) is 7.55. The molecule has 1 aromatic heterocycles. The average molecular weight is 831 g/mol. The molecule has 0 fully saturated rings. The molecule has 0 aliphatic carbocycles. The van der Waals surface area contributed by atoms with E-state index in [9.17, 15) is 14.4 Å². The van der Waals surface area contributed by atoms with Gasteiger partial charge in [0.25, 0.3) is 5.56 Å². The topological polar surface area (TPSA) is 115 Å². The number of halogens is 1. The van der Waals surface area contributed by atoms with Gasteiger partial charge in [0.1, 0.15) is 12.4 Å². The number of aromatic nitrogens is 1. The Morgan fingerprint density at radius 2 is 1.58 bits per heavy atom. The van der Waals surface area contributed by atoms with Crippen LogP contribution in [0.5, 0.6) is 17.2 Å². The van der Waals surface area contributed by atoms with Crippen molar-refractivity contribution in [3.8, 4) is 17.2 Å². The van der Waals surface area contributed by atoms with E-state index >= 15 is 0 Å². The van der Waals surface area contributed by atoms with Crippen LogP contribution < -0.4 is 29.1 Å². The van der Waals surface area contributed by atoms with Crippen molar-refractivity contribution in [1.82, 2.24) is 4.57 Å². The minimum Gasteiger partial charge on any atom is -0.497 e. The maximum absolute atomic E-state index is 14.4. The van der Waals surface area contributed by atoms with Crippen molar-refractivity contribution in [3.63, 3.8) is 0 Å². The van der Waals surface area contributed by atoms with Crippen LogP contribution in [0.25, 0.3) is 11.8 Å². The zero-order valence-electron chi connectivity index (χ0n) is 28.9. The fourth-order valence-electron chi connectivity index (χ4n) is 5.76. The number of carbonyl (C=O) groups excluding carboxylic acids is 2. The lowest BCUT2D eigenvalue weighted by molar-refractivity contribution is -0.138. The van der Waals surface area contributed by atoms with Gasteiger partial charge in [-0.3, -0.25) is 9.36 Å². The van der Waals surface area contributed by atoms with Gasteiger partial charge >= 0.3 is 11.9 Å². The molecule has 5 aromatic rings. The molecule has 1 aliphatic rings. The summed E-state index contributed by atoms with van der Waals surface area (Å²) in [5.41, 5.74) is 3.88. The lowest BCUT2D eigenvalue weighted by Crippen LogP contribution is -2.40. The maximum atomic E-state index is 14.4. The molecule has 0 spiro atoms. The van der Waals surface area contributed by atoms with Crippen LogP contribution in [0.4, 0.5) is 0 Å². The largest absolute Gasteiger partial charge is 0.497 e. The summed E-state index contributed by atoms with van der Waals surface area (Å²) < 4.78 is 30.7. The Hall–Kier alpha value is -5.21. The van der Waals surface area contributed by atoms with E-state index < -0.39 is 12.0 Å². The van der Waals surface area contributed by atoms with Crippen molar-refractivity contribution in [2.24, 2.45) is 4.99 Å². The van der Waals surface area contributed by atoms with Crippen LogP contribution in [0.2, 0.25) is 0 Å². The van der Waals surface area contributed by atoms with Crippen molar-refractivity contribution in [3.05, 3.63) is 148 Å². The molecule has 0 bridgehead atoms. The smallest absolute Gasteiger partial charge is 0.338 e. The summed E-state index contributed by atoms with van der Waals surface area (Å²) >= 11 is 3.41. The number of benzene rings is 4. The first-order valence-electron chi connectivity index (χ1n) is 16.4. The SMILES string of the molecule is CCOC(=O)C1=C(c2ccccc2)N=c2s/c(=C\c3cc(I)c(OCc4ccc(C(=O)OCC)cc4)c(OC)c3)c(=O)n2[C@@H]1c1ccc(OC)cc1. The number of fused-ring (bicyclic) bond motifs is 1. The number of rotatable bonds is 12. The van der Waals surface area contributed by atoms with Gasteiger partial charge in [-0.1, -0.05) is 65.9 Å². The number of thiazole rings is 1. The first-order chi connectivity index (χ1) is 25.3. The van der Waals surface area contributed by atoms with Crippen LogP contribution >= 0.6 is 33.9 Å². The van der Waals surface area contributed by atoms with Gasteiger partial charge in [-0.15, -0.1) is 0 Å². The lowest BCUT2D eigenvalue weighted by atomic mass is 9.93. The molecule has 10 nitrogen and oxygen atoms in total. The summed E-state index contributed by atoms with van der Waals surface area (Å²) in [5.74, 6) is 0.749. The van der Waals surface area contributed by atoms with E-state index in [1.807, 2.05) is 60.7 Å².